The van der Waals surface area contributed by atoms with E-state index in [1.54, 1.807) is 0 Å². The summed E-state index contributed by atoms with van der Waals surface area (Å²) in [5, 5.41) is 12.6. The molecule has 1 unspecified atom stereocenters. The minimum absolute atomic E-state index is 0.00788. The fourth-order valence-corrected chi connectivity index (χ4v) is 2.63. The second-order valence-electron chi connectivity index (χ2n) is 5.33. The molecule has 2 rings (SSSR count). The number of carbonyl (C=O) groups excluding carboxylic acids is 1. The Morgan fingerprint density at radius 3 is 2.69 bits per heavy atom. The number of piperidine rings is 1. The lowest BCUT2D eigenvalue weighted by Gasteiger charge is -2.44. The second kappa shape index (κ2) is 4.72. The molecule has 2 N–H and O–H groups in total. The van der Waals surface area contributed by atoms with Gasteiger partial charge in [0, 0.05) is 18.6 Å². The summed E-state index contributed by atoms with van der Waals surface area (Å²) in [6, 6.07) is 0.631. The van der Waals surface area contributed by atoms with Gasteiger partial charge >= 0.3 is 0 Å². The Morgan fingerprint density at radius 1 is 1.44 bits per heavy atom. The van der Waals surface area contributed by atoms with E-state index >= 15 is 0 Å². The molecule has 1 atom stereocenters. The van der Waals surface area contributed by atoms with E-state index in [1.807, 2.05) is 4.90 Å². The largest absolute Gasteiger partial charge is 0.393 e. The Balaban J connectivity index is 1.92. The van der Waals surface area contributed by atoms with Crippen molar-refractivity contribution in [3.8, 4) is 0 Å². The maximum Gasteiger partial charge on any atom is 0.239 e. The van der Waals surface area contributed by atoms with Gasteiger partial charge < -0.3 is 15.3 Å². The van der Waals surface area contributed by atoms with E-state index in [-0.39, 0.29) is 18.1 Å². The van der Waals surface area contributed by atoms with Gasteiger partial charge in [-0.15, -0.1) is 0 Å². The number of nitrogens with zero attached hydrogens (tertiary/aromatic N) is 1. The number of rotatable bonds is 3. The zero-order chi connectivity index (χ0) is 11.7. The molecule has 2 fully saturated rings. The highest BCUT2D eigenvalue weighted by Crippen LogP contribution is 2.28. The van der Waals surface area contributed by atoms with Gasteiger partial charge in [-0.05, 0) is 25.7 Å². The zero-order valence-electron chi connectivity index (χ0n) is 10.1. The standard InChI is InChI=1S/C12H22N2O2/c1-8(2)13-11-4-3-5-14(12(11)16)9-6-10(15)7-9/h8-11,13,15H,3-7H2,1-2H3. The molecule has 4 heteroatoms. The smallest absolute Gasteiger partial charge is 0.239 e. The van der Waals surface area contributed by atoms with Crippen molar-refractivity contribution in [2.24, 2.45) is 0 Å². The van der Waals surface area contributed by atoms with Crippen molar-refractivity contribution < 1.29 is 9.90 Å². The van der Waals surface area contributed by atoms with E-state index in [9.17, 15) is 9.90 Å². The van der Waals surface area contributed by atoms with Crippen molar-refractivity contribution in [3.63, 3.8) is 0 Å². The topological polar surface area (TPSA) is 52.6 Å². The van der Waals surface area contributed by atoms with Gasteiger partial charge in [-0.2, -0.15) is 0 Å². The molecule has 0 aromatic heterocycles. The number of nitrogens with one attached hydrogen (secondary N) is 1. The molecule has 4 nitrogen and oxygen atoms in total. The molecule has 2 aliphatic rings. The van der Waals surface area contributed by atoms with Crippen molar-refractivity contribution in [1.82, 2.24) is 10.2 Å². The summed E-state index contributed by atoms with van der Waals surface area (Å²) < 4.78 is 0. The molecule has 0 radical (unpaired) electrons. The number of carbonyl (C=O) groups is 1. The summed E-state index contributed by atoms with van der Waals surface area (Å²) in [4.78, 5) is 14.2. The lowest BCUT2D eigenvalue weighted by Crippen LogP contribution is -2.58. The molecule has 1 aliphatic heterocycles. The molecule has 92 valence electrons. The van der Waals surface area contributed by atoms with E-state index in [0.717, 1.165) is 32.2 Å². The maximum atomic E-state index is 12.2. The van der Waals surface area contributed by atoms with Crippen LogP contribution in [-0.4, -0.2) is 46.7 Å². The van der Waals surface area contributed by atoms with Crippen LogP contribution in [-0.2, 0) is 4.79 Å². The molecule has 1 amide bonds. The van der Waals surface area contributed by atoms with Gasteiger partial charge in [0.05, 0.1) is 12.1 Å². The van der Waals surface area contributed by atoms with E-state index in [0.29, 0.717) is 12.1 Å². The summed E-state index contributed by atoms with van der Waals surface area (Å²) in [5.74, 6) is 0.233. The normalized spacial score (nSPS) is 35.4. The molecule has 0 aromatic rings. The Kier molecular flexibility index (Phi) is 3.50. The molecule has 1 saturated carbocycles. The van der Waals surface area contributed by atoms with Crippen LogP contribution < -0.4 is 5.32 Å². The average molecular weight is 226 g/mol. The predicted octanol–water partition coefficient (Wildman–Crippen LogP) is 0.499. The van der Waals surface area contributed by atoms with Crippen LogP contribution in [0.15, 0.2) is 0 Å². The van der Waals surface area contributed by atoms with Crippen LogP contribution in [0.5, 0.6) is 0 Å². The Hall–Kier alpha value is -0.610. The molecular formula is C12H22N2O2. The molecular weight excluding hydrogens is 204 g/mol. The summed E-state index contributed by atoms with van der Waals surface area (Å²) in [7, 11) is 0. The summed E-state index contributed by atoms with van der Waals surface area (Å²) in [6.07, 6.45) is 3.36. The molecule has 1 heterocycles. The van der Waals surface area contributed by atoms with Crippen LogP contribution >= 0.6 is 0 Å². The highest BCUT2D eigenvalue weighted by atomic mass is 16.3. The Morgan fingerprint density at radius 2 is 2.12 bits per heavy atom. The summed E-state index contributed by atoms with van der Waals surface area (Å²) in [5.41, 5.74) is 0. The van der Waals surface area contributed by atoms with Crippen LogP contribution in [0, 0.1) is 0 Å². The number of aliphatic hydroxyl groups is 1. The molecule has 1 saturated heterocycles. The summed E-state index contributed by atoms with van der Waals surface area (Å²) >= 11 is 0. The van der Waals surface area contributed by atoms with Gasteiger partial charge in [0.25, 0.3) is 0 Å². The third-order valence-electron chi connectivity index (χ3n) is 3.54. The van der Waals surface area contributed by atoms with Crippen LogP contribution in [0.25, 0.3) is 0 Å². The number of hydrogen-bond acceptors (Lipinski definition) is 3. The van der Waals surface area contributed by atoms with Crippen LogP contribution in [0.1, 0.15) is 39.5 Å². The van der Waals surface area contributed by atoms with Gasteiger partial charge in [-0.1, -0.05) is 13.8 Å². The van der Waals surface area contributed by atoms with Crippen molar-refractivity contribution in [2.45, 2.75) is 63.8 Å². The minimum atomic E-state index is -0.184. The van der Waals surface area contributed by atoms with Gasteiger partial charge in [-0.25, -0.2) is 0 Å². The van der Waals surface area contributed by atoms with Crippen molar-refractivity contribution in [2.75, 3.05) is 6.54 Å². The number of likely N-dealkylation sites (tertiary alicyclic amines) is 1. The molecule has 16 heavy (non-hydrogen) atoms. The third kappa shape index (κ3) is 2.38. The molecule has 0 spiro atoms. The maximum absolute atomic E-state index is 12.2. The van der Waals surface area contributed by atoms with E-state index < -0.39 is 0 Å². The average Bonchev–Trinajstić information content (AvgIpc) is 2.16. The van der Waals surface area contributed by atoms with Crippen molar-refractivity contribution in [1.29, 1.82) is 0 Å². The lowest BCUT2D eigenvalue weighted by molar-refractivity contribution is -0.143. The monoisotopic (exact) mass is 226 g/mol. The molecule has 0 aromatic carbocycles. The van der Waals surface area contributed by atoms with E-state index in [2.05, 4.69) is 19.2 Å². The van der Waals surface area contributed by atoms with Gasteiger partial charge in [0.2, 0.25) is 5.91 Å². The fraction of sp³-hybridized carbons (Fsp3) is 0.917. The van der Waals surface area contributed by atoms with Crippen LogP contribution in [0.2, 0.25) is 0 Å². The SMILES string of the molecule is CC(C)NC1CCCN(C2CC(O)C2)C1=O. The van der Waals surface area contributed by atoms with Crippen LogP contribution in [0.4, 0.5) is 0 Å². The van der Waals surface area contributed by atoms with Gasteiger partial charge in [0.15, 0.2) is 0 Å². The van der Waals surface area contributed by atoms with Crippen LogP contribution in [0.3, 0.4) is 0 Å². The first-order valence-corrected chi connectivity index (χ1v) is 6.32. The highest BCUT2D eigenvalue weighted by molar-refractivity contribution is 5.83. The van der Waals surface area contributed by atoms with E-state index in [1.165, 1.54) is 0 Å². The predicted molar refractivity (Wildman–Crippen MR) is 62.0 cm³/mol. The Bertz CT molecular complexity index is 262. The summed E-state index contributed by atoms with van der Waals surface area (Å²) in [6.45, 7) is 5.01. The van der Waals surface area contributed by atoms with Crippen molar-refractivity contribution >= 4 is 5.91 Å². The third-order valence-corrected chi connectivity index (χ3v) is 3.54. The molecule has 0 bridgehead atoms. The first-order valence-electron chi connectivity index (χ1n) is 6.32. The quantitative estimate of drug-likeness (QED) is 0.737. The number of aliphatic hydroxyl groups excluding tert-OH is 1. The lowest BCUT2D eigenvalue weighted by atomic mass is 9.86. The van der Waals surface area contributed by atoms with Gasteiger partial charge in [-0.3, -0.25) is 4.79 Å². The fourth-order valence-electron chi connectivity index (χ4n) is 2.63. The zero-order valence-corrected chi connectivity index (χ0v) is 10.1. The minimum Gasteiger partial charge on any atom is -0.393 e. The highest BCUT2D eigenvalue weighted by Gasteiger charge is 2.39. The Labute approximate surface area is 97.0 Å². The number of hydrogen-bond donors (Lipinski definition) is 2. The number of amides is 1. The van der Waals surface area contributed by atoms with Crippen molar-refractivity contribution in [3.05, 3.63) is 0 Å². The second-order valence-corrected chi connectivity index (χ2v) is 5.33. The molecule has 1 aliphatic carbocycles. The first kappa shape index (κ1) is 11.9. The van der Waals surface area contributed by atoms with E-state index in [4.69, 9.17) is 0 Å². The van der Waals surface area contributed by atoms with Gasteiger partial charge in [0.1, 0.15) is 0 Å². The first-order chi connectivity index (χ1) is 7.58.